The molecule has 1 aromatic carbocycles. The first-order valence-electron chi connectivity index (χ1n) is 5.54. The molecule has 1 aromatic heterocycles. The van der Waals surface area contributed by atoms with Crippen molar-refractivity contribution in [1.82, 2.24) is 0 Å². The van der Waals surface area contributed by atoms with Gasteiger partial charge in [-0.2, -0.15) is 0 Å². The van der Waals surface area contributed by atoms with Gasteiger partial charge < -0.3 is 15.8 Å². The summed E-state index contributed by atoms with van der Waals surface area (Å²) in [4.78, 5) is 23.7. The number of carbonyl (C=O) groups excluding carboxylic acids is 2. The number of esters is 1. The average molecular weight is 294 g/mol. The molecule has 0 atom stereocenters. The van der Waals surface area contributed by atoms with Gasteiger partial charge in [-0.3, -0.25) is 4.79 Å². The lowest BCUT2D eigenvalue weighted by atomic mass is 10.2. The molecule has 0 aliphatic rings. The number of thiophene rings is 1. The van der Waals surface area contributed by atoms with Crippen LogP contribution >= 0.6 is 11.3 Å². The monoisotopic (exact) mass is 294 g/mol. The Kier molecular flexibility index (Phi) is 3.99. The van der Waals surface area contributed by atoms with Gasteiger partial charge >= 0.3 is 5.97 Å². The summed E-state index contributed by atoms with van der Waals surface area (Å²) in [6.45, 7) is 0. The average Bonchev–Trinajstić information content (AvgIpc) is 2.84. The Balaban J connectivity index is 2.24. The van der Waals surface area contributed by atoms with Gasteiger partial charge in [-0.05, 0) is 29.6 Å². The van der Waals surface area contributed by atoms with E-state index in [1.54, 1.807) is 11.4 Å². The maximum Gasteiger partial charge on any atom is 0.350 e. The fourth-order valence-corrected chi connectivity index (χ4v) is 2.36. The Hall–Kier alpha value is -2.41. The molecule has 2 rings (SSSR count). The number of ether oxygens (including phenoxy) is 1. The molecule has 104 valence electrons. The molecule has 1 amide bonds. The van der Waals surface area contributed by atoms with Crippen molar-refractivity contribution in [2.45, 2.75) is 0 Å². The normalized spacial score (nSPS) is 10.1. The highest BCUT2D eigenvalue weighted by Gasteiger charge is 2.16. The molecule has 1 heterocycles. The molecular weight excluding hydrogens is 283 g/mol. The third-order valence-electron chi connectivity index (χ3n) is 2.47. The van der Waals surface area contributed by atoms with Crippen molar-refractivity contribution >= 4 is 34.6 Å². The topological polar surface area (TPSA) is 81.4 Å². The van der Waals surface area contributed by atoms with Gasteiger partial charge in [0.25, 0.3) is 5.91 Å². The Morgan fingerprint density at radius 2 is 2.10 bits per heavy atom. The smallest absolute Gasteiger partial charge is 0.350 e. The van der Waals surface area contributed by atoms with Gasteiger partial charge in [-0.25, -0.2) is 9.18 Å². The summed E-state index contributed by atoms with van der Waals surface area (Å²) in [5, 5.41) is 4.17. The van der Waals surface area contributed by atoms with E-state index in [-0.39, 0.29) is 16.1 Å². The van der Waals surface area contributed by atoms with Crippen LogP contribution in [0.25, 0.3) is 0 Å². The second-order valence-electron chi connectivity index (χ2n) is 3.88. The van der Waals surface area contributed by atoms with E-state index in [2.05, 4.69) is 10.1 Å². The second-order valence-corrected chi connectivity index (χ2v) is 4.80. The molecule has 2 aromatic rings. The summed E-state index contributed by atoms with van der Waals surface area (Å²) in [5.74, 6) is -1.71. The number of halogens is 1. The van der Waals surface area contributed by atoms with Crippen molar-refractivity contribution < 1.29 is 18.7 Å². The molecule has 3 N–H and O–H groups in total. The van der Waals surface area contributed by atoms with E-state index in [1.165, 1.54) is 13.2 Å². The third-order valence-corrected chi connectivity index (χ3v) is 3.36. The van der Waals surface area contributed by atoms with Crippen molar-refractivity contribution in [2.75, 3.05) is 18.2 Å². The molecule has 0 fully saturated rings. The van der Waals surface area contributed by atoms with E-state index < -0.39 is 17.7 Å². The van der Waals surface area contributed by atoms with Gasteiger partial charge in [0.05, 0.1) is 12.8 Å². The van der Waals surface area contributed by atoms with Gasteiger partial charge in [0.1, 0.15) is 10.7 Å². The maximum atomic E-state index is 13.2. The summed E-state index contributed by atoms with van der Waals surface area (Å²) in [5.41, 5.74) is 6.01. The number of anilines is 2. The molecule has 0 saturated carbocycles. The summed E-state index contributed by atoms with van der Waals surface area (Å²) in [6.07, 6.45) is 0. The third kappa shape index (κ3) is 2.94. The lowest BCUT2D eigenvalue weighted by Gasteiger charge is -2.06. The van der Waals surface area contributed by atoms with E-state index in [4.69, 9.17) is 5.73 Å². The fraction of sp³-hybridized carbons (Fsp3) is 0.0769. The zero-order valence-electron chi connectivity index (χ0n) is 10.5. The lowest BCUT2D eigenvalue weighted by Crippen LogP contribution is -2.14. The van der Waals surface area contributed by atoms with Crippen LogP contribution in [0.4, 0.5) is 15.8 Å². The highest BCUT2D eigenvalue weighted by atomic mass is 32.1. The van der Waals surface area contributed by atoms with Crippen LogP contribution in [0, 0.1) is 5.82 Å². The summed E-state index contributed by atoms with van der Waals surface area (Å²) in [6, 6.07) is 5.09. The van der Waals surface area contributed by atoms with Crippen LogP contribution in [0.3, 0.4) is 0 Å². The van der Waals surface area contributed by atoms with Crippen LogP contribution in [-0.2, 0) is 4.74 Å². The van der Waals surface area contributed by atoms with Crippen LogP contribution < -0.4 is 11.1 Å². The van der Waals surface area contributed by atoms with Crippen molar-refractivity contribution in [3.05, 3.63) is 45.9 Å². The minimum Gasteiger partial charge on any atom is -0.465 e. The predicted octanol–water partition coefficient (Wildman–Crippen LogP) is 2.51. The highest BCUT2D eigenvalue weighted by molar-refractivity contribution is 7.12. The van der Waals surface area contributed by atoms with Crippen LogP contribution in [0.1, 0.15) is 20.0 Å². The van der Waals surface area contributed by atoms with Crippen LogP contribution in [0.5, 0.6) is 0 Å². The first kappa shape index (κ1) is 14.0. The molecule has 7 heteroatoms. The minimum atomic E-state index is -0.603. The lowest BCUT2D eigenvalue weighted by molar-refractivity contribution is 0.0607. The van der Waals surface area contributed by atoms with E-state index in [9.17, 15) is 14.0 Å². The van der Waals surface area contributed by atoms with Crippen LogP contribution in [-0.4, -0.2) is 19.0 Å². The van der Waals surface area contributed by atoms with E-state index in [0.717, 1.165) is 23.5 Å². The van der Waals surface area contributed by atoms with Gasteiger partial charge in [0.2, 0.25) is 0 Å². The Bertz CT molecular complexity index is 649. The number of hydrogen-bond acceptors (Lipinski definition) is 5. The Morgan fingerprint density at radius 3 is 2.75 bits per heavy atom. The number of methoxy groups -OCH3 is 1. The fourth-order valence-electron chi connectivity index (χ4n) is 1.60. The first-order chi connectivity index (χ1) is 9.51. The number of rotatable bonds is 3. The first-order valence-corrected chi connectivity index (χ1v) is 6.42. The summed E-state index contributed by atoms with van der Waals surface area (Å²) >= 11 is 1.14. The Labute approximate surface area is 118 Å². The molecule has 0 radical (unpaired) electrons. The number of nitrogens with one attached hydrogen (secondary N) is 1. The van der Waals surface area contributed by atoms with Crippen LogP contribution in [0.2, 0.25) is 0 Å². The zero-order chi connectivity index (χ0) is 14.7. The van der Waals surface area contributed by atoms with Crippen molar-refractivity contribution in [2.24, 2.45) is 0 Å². The second kappa shape index (κ2) is 5.70. The van der Waals surface area contributed by atoms with Crippen molar-refractivity contribution in [1.29, 1.82) is 0 Å². The predicted molar refractivity (Wildman–Crippen MR) is 74.4 cm³/mol. The molecule has 0 saturated heterocycles. The number of carbonyl (C=O) groups is 2. The summed E-state index contributed by atoms with van der Waals surface area (Å²) in [7, 11) is 1.25. The summed E-state index contributed by atoms with van der Waals surface area (Å²) < 4.78 is 17.8. The van der Waals surface area contributed by atoms with E-state index in [1.807, 2.05) is 0 Å². The molecule has 0 bridgehead atoms. The number of nitrogens with two attached hydrogens (primary N) is 1. The zero-order valence-corrected chi connectivity index (χ0v) is 11.3. The van der Waals surface area contributed by atoms with Gasteiger partial charge in [0, 0.05) is 11.3 Å². The molecule has 5 nitrogen and oxygen atoms in total. The minimum absolute atomic E-state index is 0.0736. The molecular formula is C13H11FN2O3S. The molecule has 20 heavy (non-hydrogen) atoms. The number of nitrogen functional groups attached to an aromatic ring is 1. The number of amides is 1. The quantitative estimate of drug-likeness (QED) is 0.673. The van der Waals surface area contributed by atoms with Gasteiger partial charge in [-0.1, -0.05) is 0 Å². The van der Waals surface area contributed by atoms with E-state index >= 15 is 0 Å². The number of hydrogen-bond donors (Lipinski definition) is 2. The Morgan fingerprint density at radius 1 is 1.35 bits per heavy atom. The number of benzene rings is 1. The standard InChI is InChI=1S/C13H11FN2O3S/c1-19-13(18)11-10(2-3-20-11)16-12(17)7-4-8(14)6-9(15)5-7/h2-6H,15H2,1H3,(H,16,17). The highest BCUT2D eigenvalue weighted by Crippen LogP contribution is 2.24. The van der Waals surface area contributed by atoms with Crippen molar-refractivity contribution in [3.8, 4) is 0 Å². The molecule has 0 aliphatic carbocycles. The van der Waals surface area contributed by atoms with Gasteiger partial charge in [-0.15, -0.1) is 11.3 Å². The van der Waals surface area contributed by atoms with Crippen LogP contribution in [0.15, 0.2) is 29.6 Å². The van der Waals surface area contributed by atoms with E-state index in [0.29, 0.717) is 5.69 Å². The molecule has 0 spiro atoms. The SMILES string of the molecule is COC(=O)c1sccc1NC(=O)c1cc(N)cc(F)c1. The molecule has 0 aliphatic heterocycles. The maximum absolute atomic E-state index is 13.2. The largest absolute Gasteiger partial charge is 0.465 e. The molecule has 0 unspecified atom stereocenters. The van der Waals surface area contributed by atoms with Gasteiger partial charge in [0.15, 0.2) is 0 Å². The van der Waals surface area contributed by atoms with Crippen molar-refractivity contribution in [3.63, 3.8) is 0 Å².